The molecule has 1 amide bonds. The largest absolute Gasteiger partial charge is 0.321 e. The van der Waals surface area contributed by atoms with Crippen LogP contribution in [0.25, 0.3) is 0 Å². The van der Waals surface area contributed by atoms with Crippen molar-refractivity contribution in [1.82, 2.24) is 0 Å². The Balaban J connectivity index is 2.21. The molecule has 1 aromatic heterocycles. The van der Waals surface area contributed by atoms with Crippen molar-refractivity contribution in [3.05, 3.63) is 49.6 Å². The van der Waals surface area contributed by atoms with Gasteiger partial charge in [0, 0.05) is 10.7 Å². The van der Waals surface area contributed by atoms with Gasteiger partial charge in [0.05, 0.1) is 8.66 Å². The molecule has 0 atom stereocenters. The van der Waals surface area contributed by atoms with E-state index in [1.54, 1.807) is 12.1 Å². The molecule has 17 heavy (non-hydrogen) atoms. The Labute approximate surface area is 117 Å². The molecule has 0 radical (unpaired) electrons. The Morgan fingerprint density at radius 1 is 1.35 bits per heavy atom. The van der Waals surface area contributed by atoms with Gasteiger partial charge in [-0.05, 0) is 52.7 Å². The number of carbonyl (C=O) groups is 1. The van der Waals surface area contributed by atoms with Crippen LogP contribution in [-0.4, -0.2) is 5.91 Å². The van der Waals surface area contributed by atoms with E-state index < -0.39 is 0 Å². The second kappa shape index (κ2) is 5.21. The van der Waals surface area contributed by atoms with Gasteiger partial charge in [-0.2, -0.15) is 0 Å². The number of rotatable bonds is 2. The fraction of sp³-hybridized carbons (Fsp3) is 0.0833. The predicted octanol–water partition coefficient (Wildman–Crippen LogP) is 4.72. The normalized spacial score (nSPS) is 10.3. The minimum absolute atomic E-state index is 0.119. The number of benzene rings is 1. The fourth-order valence-corrected chi connectivity index (χ4v) is 2.82. The van der Waals surface area contributed by atoms with Crippen LogP contribution in [0, 0.1) is 6.92 Å². The molecular weight excluding hydrogens is 322 g/mol. The highest BCUT2D eigenvalue weighted by atomic mass is 79.9. The smallest absolute Gasteiger partial charge is 0.265 e. The van der Waals surface area contributed by atoms with Gasteiger partial charge in [0.1, 0.15) is 0 Å². The number of hydrogen-bond acceptors (Lipinski definition) is 2. The number of thiophene rings is 1. The van der Waals surface area contributed by atoms with Crippen LogP contribution in [0.1, 0.15) is 15.2 Å². The molecule has 0 bridgehead atoms. The van der Waals surface area contributed by atoms with Crippen molar-refractivity contribution in [2.45, 2.75) is 6.92 Å². The van der Waals surface area contributed by atoms with Crippen LogP contribution in [0.15, 0.2) is 34.1 Å². The summed E-state index contributed by atoms with van der Waals surface area (Å²) in [6, 6.07) is 9.08. The lowest BCUT2D eigenvalue weighted by Crippen LogP contribution is -2.11. The Morgan fingerprint density at radius 3 is 2.76 bits per heavy atom. The standard InChI is InChI=1S/C12H9BrClNOS/c1-7-8(14)3-2-4-9(7)15-12(16)10-5-6-11(13)17-10/h2-6H,1H3,(H,15,16). The zero-order chi connectivity index (χ0) is 12.4. The first-order chi connectivity index (χ1) is 8.08. The Kier molecular flexibility index (Phi) is 3.86. The summed E-state index contributed by atoms with van der Waals surface area (Å²) in [7, 11) is 0. The van der Waals surface area contributed by atoms with Gasteiger partial charge in [-0.3, -0.25) is 4.79 Å². The maximum Gasteiger partial charge on any atom is 0.265 e. The third kappa shape index (κ3) is 2.89. The molecule has 2 nitrogen and oxygen atoms in total. The van der Waals surface area contributed by atoms with Crippen LogP contribution in [-0.2, 0) is 0 Å². The van der Waals surface area contributed by atoms with E-state index in [0.717, 1.165) is 15.0 Å². The van der Waals surface area contributed by atoms with Gasteiger partial charge in [-0.25, -0.2) is 0 Å². The molecule has 0 aliphatic rings. The van der Waals surface area contributed by atoms with Gasteiger partial charge in [0.15, 0.2) is 0 Å². The maximum atomic E-state index is 11.9. The van der Waals surface area contributed by atoms with Crippen LogP contribution in [0.4, 0.5) is 5.69 Å². The Hall–Kier alpha value is -0.840. The minimum atomic E-state index is -0.119. The first-order valence-corrected chi connectivity index (χ1v) is 6.88. The van der Waals surface area contributed by atoms with Crippen molar-refractivity contribution in [2.24, 2.45) is 0 Å². The van der Waals surface area contributed by atoms with Crippen molar-refractivity contribution in [1.29, 1.82) is 0 Å². The first-order valence-electron chi connectivity index (χ1n) is 4.90. The lowest BCUT2D eigenvalue weighted by molar-refractivity contribution is 0.103. The van der Waals surface area contributed by atoms with Crippen LogP contribution in [0.5, 0.6) is 0 Å². The molecule has 1 N–H and O–H groups in total. The molecular formula is C12H9BrClNOS. The summed E-state index contributed by atoms with van der Waals surface area (Å²) in [4.78, 5) is 12.6. The summed E-state index contributed by atoms with van der Waals surface area (Å²) in [5.74, 6) is -0.119. The van der Waals surface area contributed by atoms with Crippen LogP contribution >= 0.6 is 38.9 Å². The van der Waals surface area contributed by atoms with Crippen molar-refractivity contribution >= 4 is 50.5 Å². The van der Waals surface area contributed by atoms with Crippen molar-refractivity contribution in [3.63, 3.8) is 0 Å². The molecule has 88 valence electrons. The topological polar surface area (TPSA) is 29.1 Å². The molecule has 0 fully saturated rings. The quantitative estimate of drug-likeness (QED) is 0.847. The third-order valence-electron chi connectivity index (χ3n) is 2.31. The van der Waals surface area contributed by atoms with E-state index in [1.807, 2.05) is 25.1 Å². The highest BCUT2D eigenvalue weighted by molar-refractivity contribution is 9.11. The lowest BCUT2D eigenvalue weighted by atomic mass is 10.2. The summed E-state index contributed by atoms with van der Waals surface area (Å²) < 4.78 is 0.936. The summed E-state index contributed by atoms with van der Waals surface area (Å²) in [6.07, 6.45) is 0. The van der Waals surface area contributed by atoms with E-state index in [2.05, 4.69) is 21.2 Å². The Bertz CT molecular complexity index is 567. The average molecular weight is 331 g/mol. The van der Waals surface area contributed by atoms with Gasteiger partial charge in [0.2, 0.25) is 0 Å². The third-order valence-corrected chi connectivity index (χ3v) is 4.34. The van der Waals surface area contributed by atoms with Crippen molar-refractivity contribution < 1.29 is 4.79 Å². The molecule has 2 rings (SSSR count). The molecule has 0 aliphatic carbocycles. The lowest BCUT2D eigenvalue weighted by Gasteiger charge is -2.08. The van der Waals surface area contributed by atoms with E-state index in [0.29, 0.717) is 9.90 Å². The average Bonchev–Trinajstić information content (AvgIpc) is 2.72. The molecule has 0 saturated heterocycles. The van der Waals surface area contributed by atoms with E-state index in [1.165, 1.54) is 11.3 Å². The maximum absolute atomic E-state index is 11.9. The summed E-state index contributed by atoms with van der Waals surface area (Å²) >= 11 is 10.7. The zero-order valence-electron chi connectivity index (χ0n) is 8.96. The number of hydrogen-bond donors (Lipinski definition) is 1. The van der Waals surface area contributed by atoms with E-state index >= 15 is 0 Å². The van der Waals surface area contributed by atoms with E-state index in [9.17, 15) is 4.79 Å². The number of carbonyl (C=O) groups excluding carboxylic acids is 1. The molecule has 1 aromatic carbocycles. The second-order valence-corrected chi connectivity index (χ2v) is 6.34. The Morgan fingerprint density at radius 2 is 2.12 bits per heavy atom. The monoisotopic (exact) mass is 329 g/mol. The number of halogens is 2. The van der Waals surface area contributed by atoms with Crippen LogP contribution in [0.2, 0.25) is 5.02 Å². The molecule has 0 saturated carbocycles. The molecule has 0 aliphatic heterocycles. The number of amides is 1. The van der Waals surface area contributed by atoms with Gasteiger partial charge in [-0.1, -0.05) is 17.7 Å². The highest BCUT2D eigenvalue weighted by Crippen LogP contribution is 2.26. The van der Waals surface area contributed by atoms with Gasteiger partial charge >= 0.3 is 0 Å². The zero-order valence-corrected chi connectivity index (χ0v) is 12.1. The van der Waals surface area contributed by atoms with Crippen LogP contribution < -0.4 is 5.32 Å². The van der Waals surface area contributed by atoms with E-state index in [-0.39, 0.29) is 5.91 Å². The SMILES string of the molecule is Cc1c(Cl)cccc1NC(=O)c1ccc(Br)s1. The first kappa shape index (κ1) is 12.6. The van der Waals surface area contributed by atoms with Gasteiger partial charge in [-0.15, -0.1) is 11.3 Å². The van der Waals surface area contributed by atoms with E-state index in [4.69, 9.17) is 11.6 Å². The minimum Gasteiger partial charge on any atom is -0.321 e. The molecule has 5 heteroatoms. The van der Waals surface area contributed by atoms with Gasteiger partial charge in [0.25, 0.3) is 5.91 Å². The predicted molar refractivity (Wildman–Crippen MR) is 76.2 cm³/mol. The summed E-state index contributed by atoms with van der Waals surface area (Å²) in [5.41, 5.74) is 1.62. The van der Waals surface area contributed by atoms with Crippen molar-refractivity contribution in [3.8, 4) is 0 Å². The number of anilines is 1. The van der Waals surface area contributed by atoms with Crippen LogP contribution in [0.3, 0.4) is 0 Å². The number of nitrogens with one attached hydrogen (secondary N) is 1. The molecule has 0 spiro atoms. The summed E-state index contributed by atoms with van der Waals surface area (Å²) in [5, 5.41) is 3.50. The van der Waals surface area contributed by atoms with Gasteiger partial charge < -0.3 is 5.32 Å². The molecule has 0 unspecified atom stereocenters. The fourth-order valence-electron chi connectivity index (χ4n) is 1.36. The highest BCUT2D eigenvalue weighted by Gasteiger charge is 2.10. The summed E-state index contributed by atoms with van der Waals surface area (Å²) in [6.45, 7) is 1.88. The second-order valence-electron chi connectivity index (χ2n) is 3.47. The molecule has 1 heterocycles. The molecule has 2 aromatic rings. The van der Waals surface area contributed by atoms with Crippen molar-refractivity contribution in [2.75, 3.05) is 5.32 Å².